The Morgan fingerprint density at radius 1 is 1.12 bits per heavy atom. The van der Waals surface area contributed by atoms with Gasteiger partial charge in [-0.1, -0.05) is 20.3 Å². The summed E-state index contributed by atoms with van der Waals surface area (Å²) in [5.74, 6) is -0.540. The minimum atomic E-state index is -0.972. The molecule has 0 aromatic rings. The molecule has 0 aliphatic heterocycles. The number of nitrogens with zero attached hydrogens (tertiary/aromatic N) is 2. The van der Waals surface area contributed by atoms with Gasteiger partial charge < -0.3 is 14.9 Å². The first-order valence-corrected chi connectivity index (χ1v) is 6.21. The van der Waals surface area contributed by atoms with Gasteiger partial charge in [-0.05, 0) is 19.8 Å². The Hall–Kier alpha value is -1.26. The summed E-state index contributed by atoms with van der Waals surface area (Å²) in [5, 5.41) is 8.73. The average Bonchev–Trinajstić information content (AvgIpc) is 2.31. The molecule has 0 saturated heterocycles. The van der Waals surface area contributed by atoms with E-state index in [9.17, 15) is 9.59 Å². The van der Waals surface area contributed by atoms with E-state index in [0.29, 0.717) is 25.6 Å². The molecule has 0 aromatic carbocycles. The molecular formula is C12H24N2O3. The van der Waals surface area contributed by atoms with Gasteiger partial charge in [0, 0.05) is 19.6 Å². The highest BCUT2D eigenvalue weighted by Crippen LogP contribution is 2.07. The number of carboxylic acid groups (broad SMARTS) is 1. The van der Waals surface area contributed by atoms with Crippen LogP contribution in [0.1, 0.15) is 34.1 Å². The van der Waals surface area contributed by atoms with E-state index in [1.54, 1.807) is 11.8 Å². The molecule has 0 rings (SSSR count). The number of hydrogen-bond donors (Lipinski definition) is 1. The number of carbonyl (C=O) groups excluding carboxylic acids is 1. The molecule has 0 saturated carbocycles. The lowest BCUT2D eigenvalue weighted by Gasteiger charge is -2.29. The summed E-state index contributed by atoms with van der Waals surface area (Å²) in [6.07, 6.45) is 1.01. The van der Waals surface area contributed by atoms with Crippen molar-refractivity contribution in [2.45, 2.75) is 34.1 Å². The summed E-state index contributed by atoms with van der Waals surface area (Å²) in [6.45, 7) is 9.35. The van der Waals surface area contributed by atoms with Gasteiger partial charge in [0.25, 0.3) is 0 Å². The van der Waals surface area contributed by atoms with Crippen molar-refractivity contribution in [2.24, 2.45) is 5.92 Å². The molecule has 0 spiro atoms. The van der Waals surface area contributed by atoms with E-state index in [0.717, 1.165) is 6.42 Å². The topological polar surface area (TPSA) is 60.9 Å². The average molecular weight is 244 g/mol. The molecule has 2 amide bonds. The summed E-state index contributed by atoms with van der Waals surface area (Å²) in [6, 6.07) is -0.183. The van der Waals surface area contributed by atoms with Crippen LogP contribution in [0, 0.1) is 5.92 Å². The quantitative estimate of drug-likeness (QED) is 0.744. The molecule has 0 aliphatic rings. The molecule has 1 atom stereocenters. The van der Waals surface area contributed by atoms with Crippen molar-refractivity contribution in [2.75, 3.05) is 26.2 Å². The predicted molar refractivity (Wildman–Crippen MR) is 67.0 cm³/mol. The van der Waals surface area contributed by atoms with Gasteiger partial charge in [0.2, 0.25) is 0 Å². The molecule has 17 heavy (non-hydrogen) atoms. The molecule has 0 radical (unpaired) electrons. The van der Waals surface area contributed by atoms with Gasteiger partial charge in [0.15, 0.2) is 0 Å². The molecule has 0 heterocycles. The number of carboxylic acids is 1. The van der Waals surface area contributed by atoms with Gasteiger partial charge in [0.05, 0.1) is 0 Å². The van der Waals surface area contributed by atoms with Gasteiger partial charge >= 0.3 is 12.0 Å². The molecule has 5 heteroatoms. The van der Waals surface area contributed by atoms with Crippen LogP contribution in [0.25, 0.3) is 0 Å². The van der Waals surface area contributed by atoms with Crippen LogP contribution in [0.3, 0.4) is 0 Å². The van der Waals surface area contributed by atoms with Gasteiger partial charge in [-0.2, -0.15) is 0 Å². The van der Waals surface area contributed by atoms with Crippen LogP contribution in [0.5, 0.6) is 0 Å². The maximum Gasteiger partial charge on any atom is 0.323 e. The van der Waals surface area contributed by atoms with Gasteiger partial charge in [0.1, 0.15) is 6.54 Å². The van der Waals surface area contributed by atoms with Gasteiger partial charge in [-0.15, -0.1) is 0 Å². The van der Waals surface area contributed by atoms with Crippen LogP contribution < -0.4 is 0 Å². The van der Waals surface area contributed by atoms with Crippen LogP contribution in [0.4, 0.5) is 4.79 Å². The monoisotopic (exact) mass is 244 g/mol. The third-order valence-electron chi connectivity index (χ3n) is 2.86. The number of likely N-dealkylation sites (N-methyl/N-ethyl adjacent to an activating group) is 1. The molecule has 0 bridgehead atoms. The number of carbonyl (C=O) groups is 2. The lowest BCUT2D eigenvalue weighted by molar-refractivity contribution is -0.137. The lowest BCUT2D eigenvalue weighted by atomic mass is 10.1. The third-order valence-corrected chi connectivity index (χ3v) is 2.86. The van der Waals surface area contributed by atoms with Crippen molar-refractivity contribution < 1.29 is 14.7 Å². The zero-order valence-corrected chi connectivity index (χ0v) is 11.3. The van der Waals surface area contributed by atoms with Crippen molar-refractivity contribution in [3.05, 3.63) is 0 Å². The highest BCUT2D eigenvalue weighted by Gasteiger charge is 2.21. The molecule has 0 fully saturated rings. The van der Waals surface area contributed by atoms with E-state index in [1.807, 2.05) is 6.92 Å². The fourth-order valence-corrected chi connectivity index (χ4v) is 1.53. The molecule has 0 aromatic heterocycles. The normalized spacial score (nSPS) is 12.0. The Labute approximate surface area is 103 Å². The number of aliphatic carboxylic acids is 1. The van der Waals surface area contributed by atoms with Crippen LogP contribution in [0.2, 0.25) is 0 Å². The van der Waals surface area contributed by atoms with Crippen LogP contribution in [0.15, 0.2) is 0 Å². The standard InChI is InChI=1S/C12H24N2O3/c1-5-10(4)8-13(6-2)12(17)14(7-3)9-11(15)16/h10H,5-9H2,1-4H3,(H,15,16). The van der Waals surface area contributed by atoms with Crippen molar-refractivity contribution in [1.29, 1.82) is 0 Å². The van der Waals surface area contributed by atoms with E-state index >= 15 is 0 Å². The minimum Gasteiger partial charge on any atom is -0.480 e. The fourth-order valence-electron chi connectivity index (χ4n) is 1.53. The van der Waals surface area contributed by atoms with E-state index in [-0.39, 0.29) is 12.6 Å². The predicted octanol–water partition coefficient (Wildman–Crippen LogP) is 1.88. The Bertz CT molecular complexity index is 256. The summed E-state index contributed by atoms with van der Waals surface area (Å²) in [5.41, 5.74) is 0. The maximum absolute atomic E-state index is 12.1. The molecule has 0 aliphatic carbocycles. The number of urea groups is 1. The fraction of sp³-hybridized carbons (Fsp3) is 0.833. The Morgan fingerprint density at radius 2 is 1.65 bits per heavy atom. The summed E-state index contributed by atoms with van der Waals surface area (Å²) < 4.78 is 0. The van der Waals surface area contributed by atoms with Crippen molar-refractivity contribution in [3.8, 4) is 0 Å². The largest absolute Gasteiger partial charge is 0.480 e. The number of rotatable bonds is 7. The SMILES string of the molecule is CCC(C)CN(CC)C(=O)N(CC)CC(=O)O. The lowest BCUT2D eigenvalue weighted by Crippen LogP contribution is -2.46. The smallest absolute Gasteiger partial charge is 0.323 e. The molecule has 100 valence electrons. The molecule has 1 N–H and O–H groups in total. The van der Waals surface area contributed by atoms with Gasteiger partial charge in [-0.25, -0.2) is 4.79 Å². The summed E-state index contributed by atoms with van der Waals surface area (Å²) in [4.78, 5) is 25.8. The first-order valence-electron chi connectivity index (χ1n) is 6.21. The van der Waals surface area contributed by atoms with Crippen LogP contribution in [-0.4, -0.2) is 53.1 Å². The van der Waals surface area contributed by atoms with Crippen molar-refractivity contribution >= 4 is 12.0 Å². The number of amides is 2. The summed E-state index contributed by atoms with van der Waals surface area (Å²) >= 11 is 0. The van der Waals surface area contributed by atoms with Gasteiger partial charge in [-0.3, -0.25) is 4.79 Å². The minimum absolute atomic E-state index is 0.183. The summed E-state index contributed by atoms with van der Waals surface area (Å²) in [7, 11) is 0. The van der Waals surface area contributed by atoms with Crippen molar-refractivity contribution in [1.82, 2.24) is 9.80 Å². The Balaban J connectivity index is 4.53. The zero-order chi connectivity index (χ0) is 13.4. The van der Waals surface area contributed by atoms with Crippen molar-refractivity contribution in [3.63, 3.8) is 0 Å². The highest BCUT2D eigenvalue weighted by atomic mass is 16.4. The Morgan fingerprint density at radius 3 is 2.00 bits per heavy atom. The third kappa shape index (κ3) is 5.56. The van der Waals surface area contributed by atoms with Crippen LogP contribution >= 0.6 is 0 Å². The molecule has 5 nitrogen and oxygen atoms in total. The van der Waals surface area contributed by atoms with E-state index < -0.39 is 5.97 Å². The second kappa shape index (κ2) is 7.92. The van der Waals surface area contributed by atoms with E-state index in [2.05, 4.69) is 13.8 Å². The first-order chi connectivity index (χ1) is 7.96. The highest BCUT2D eigenvalue weighted by molar-refractivity contribution is 5.80. The Kier molecular flexibility index (Phi) is 7.34. The first kappa shape index (κ1) is 15.7. The maximum atomic E-state index is 12.1. The van der Waals surface area contributed by atoms with E-state index in [4.69, 9.17) is 5.11 Å². The second-order valence-electron chi connectivity index (χ2n) is 4.24. The molecule has 1 unspecified atom stereocenters. The second-order valence-corrected chi connectivity index (χ2v) is 4.24. The zero-order valence-electron chi connectivity index (χ0n) is 11.3. The van der Waals surface area contributed by atoms with E-state index in [1.165, 1.54) is 4.90 Å². The molecular weight excluding hydrogens is 220 g/mol. The van der Waals surface area contributed by atoms with Crippen LogP contribution in [-0.2, 0) is 4.79 Å². The number of hydrogen-bond acceptors (Lipinski definition) is 2.